The van der Waals surface area contributed by atoms with E-state index in [0.29, 0.717) is 6.42 Å². The number of aliphatic hydroxyl groups is 1. The van der Waals surface area contributed by atoms with Gasteiger partial charge in [-0.25, -0.2) is 0 Å². The summed E-state index contributed by atoms with van der Waals surface area (Å²) in [6.07, 6.45) is -0.108. The second-order valence-electron chi connectivity index (χ2n) is 6.07. The average molecular weight is 327 g/mol. The highest BCUT2D eigenvalue weighted by atomic mass is 16.5. The van der Waals surface area contributed by atoms with Gasteiger partial charge in [-0.15, -0.1) is 0 Å². The molecule has 2 aromatic carbocycles. The molecule has 0 fully saturated rings. The highest BCUT2D eigenvalue weighted by Crippen LogP contribution is 2.21. The molecule has 0 bridgehead atoms. The van der Waals surface area contributed by atoms with E-state index in [0.717, 1.165) is 16.9 Å². The number of amides is 1. The molecule has 0 saturated carbocycles. The number of carbonyl (C=O) groups is 1. The normalized spacial score (nSPS) is 14.5. The first-order valence-corrected chi connectivity index (χ1v) is 8.18. The number of hydrogen-bond acceptors (Lipinski definition) is 3. The topological polar surface area (TPSA) is 58.6 Å². The van der Waals surface area contributed by atoms with Gasteiger partial charge in [-0.3, -0.25) is 4.79 Å². The maximum Gasteiger partial charge on any atom is 0.227 e. The molecule has 24 heavy (non-hydrogen) atoms. The number of carbonyl (C=O) groups excluding carboxylic acids is 1. The molecule has 1 amide bonds. The highest BCUT2D eigenvalue weighted by molar-refractivity contribution is 5.83. The number of rotatable bonds is 7. The van der Waals surface area contributed by atoms with Gasteiger partial charge in [0, 0.05) is 6.04 Å². The van der Waals surface area contributed by atoms with Crippen molar-refractivity contribution in [2.24, 2.45) is 0 Å². The molecule has 2 N–H and O–H groups in total. The molecule has 3 unspecified atom stereocenters. The second kappa shape index (κ2) is 8.50. The van der Waals surface area contributed by atoms with Crippen LogP contribution in [-0.4, -0.2) is 24.2 Å². The van der Waals surface area contributed by atoms with Crippen LogP contribution < -0.4 is 10.1 Å². The lowest BCUT2D eigenvalue weighted by molar-refractivity contribution is -0.123. The number of aliphatic hydroxyl groups excluding tert-OH is 1. The Morgan fingerprint density at radius 1 is 1.04 bits per heavy atom. The van der Waals surface area contributed by atoms with Crippen LogP contribution in [0.5, 0.6) is 5.75 Å². The van der Waals surface area contributed by atoms with Crippen LogP contribution in [0.1, 0.15) is 43.4 Å². The smallest absolute Gasteiger partial charge is 0.227 e. The Morgan fingerprint density at radius 2 is 1.67 bits per heavy atom. The quantitative estimate of drug-likeness (QED) is 0.819. The minimum atomic E-state index is -0.585. The summed E-state index contributed by atoms with van der Waals surface area (Å²) in [5.74, 6) is 0.464. The third kappa shape index (κ3) is 4.83. The van der Waals surface area contributed by atoms with Crippen molar-refractivity contribution in [1.29, 1.82) is 0 Å². The average Bonchev–Trinajstić information content (AvgIpc) is 2.61. The van der Waals surface area contributed by atoms with Crippen LogP contribution in [0, 0.1) is 0 Å². The summed E-state index contributed by atoms with van der Waals surface area (Å²) >= 11 is 0. The van der Waals surface area contributed by atoms with Gasteiger partial charge in [0.15, 0.2) is 0 Å². The van der Waals surface area contributed by atoms with E-state index in [-0.39, 0.29) is 17.9 Å². The summed E-state index contributed by atoms with van der Waals surface area (Å²) in [6.45, 7) is 3.78. The third-order valence-corrected chi connectivity index (χ3v) is 4.16. The molecule has 3 atom stereocenters. The molecular formula is C20H25NO3. The fraction of sp³-hybridized carbons (Fsp3) is 0.350. The summed E-state index contributed by atoms with van der Waals surface area (Å²) in [5.41, 5.74) is 1.80. The van der Waals surface area contributed by atoms with Crippen molar-refractivity contribution in [1.82, 2.24) is 5.32 Å². The Bertz CT molecular complexity index is 640. The van der Waals surface area contributed by atoms with E-state index in [1.807, 2.05) is 68.4 Å². The molecule has 2 aromatic rings. The van der Waals surface area contributed by atoms with E-state index in [1.165, 1.54) is 0 Å². The van der Waals surface area contributed by atoms with Gasteiger partial charge in [0.1, 0.15) is 5.75 Å². The molecule has 0 saturated heterocycles. The van der Waals surface area contributed by atoms with Gasteiger partial charge < -0.3 is 15.2 Å². The summed E-state index contributed by atoms with van der Waals surface area (Å²) in [6, 6.07) is 16.9. The Morgan fingerprint density at radius 3 is 2.25 bits per heavy atom. The number of ether oxygens (including phenoxy) is 1. The van der Waals surface area contributed by atoms with Crippen LogP contribution >= 0.6 is 0 Å². The molecule has 2 rings (SSSR count). The standard InChI is InChI=1S/C20H25NO3/c1-14(13-19(22)17-7-5-4-6-8-17)21-20(23)15(2)16-9-11-18(24-3)12-10-16/h4-12,14-15,19,22H,13H2,1-3H3,(H,21,23). The summed E-state index contributed by atoms with van der Waals surface area (Å²) in [4.78, 5) is 12.4. The van der Waals surface area contributed by atoms with Gasteiger partial charge in [-0.1, -0.05) is 42.5 Å². The molecule has 4 heteroatoms. The van der Waals surface area contributed by atoms with Crippen LogP contribution in [0.25, 0.3) is 0 Å². The first-order chi connectivity index (χ1) is 11.5. The lowest BCUT2D eigenvalue weighted by atomic mass is 9.98. The zero-order chi connectivity index (χ0) is 17.5. The number of hydrogen-bond donors (Lipinski definition) is 2. The lowest BCUT2D eigenvalue weighted by Crippen LogP contribution is -2.36. The largest absolute Gasteiger partial charge is 0.497 e. The predicted octanol–water partition coefficient (Wildman–Crippen LogP) is 3.43. The van der Waals surface area contributed by atoms with Gasteiger partial charge >= 0.3 is 0 Å². The second-order valence-corrected chi connectivity index (χ2v) is 6.07. The molecule has 0 radical (unpaired) electrons. The zero-order valence-corrected chi connectivity index (χ0v) is 14.4. The third-order valence-electron chi connectivity index (χ3n) is 4.16. The Kier molecular flexibility index (Phi) is 6.38. The number of methoxy groups -OCH3 is 1. The molecule has 0 aromatic heterocycles. The highest BCUT2D eigenvalue weighted by Gasteiger charge is 2.19. The minimum absolute atomic E-state index is 0.0482. The van der Waals surface area contributed by atoms with Crippen LogP contribution in [0.2, 0.25) is 0 Å². The van der Waals surface area contributed by atoms with Crippen molar-refractivity contribution in [2.75, 3.05) is 7.11 Å². The predicted molar refractivity (Wildman–Crippen MR) is 95.0 cm³/mol. The Hall–Kier alpha value is -2.33. The lowest BCUT2D eigenvalue weighted by Gasteiger charge is -2.20. The minimum Gasteiger partial charge on any atom is -0.497 e. The van der Waals surface area contributed by atoms with E-state index < -0.39 is 6.10 Å². The van der Waals surface area contributed by atoms with Crippen molar-refractivity contribution in [2.45, 2.75) is 38.3 Å². The maximum absolute atomic E-state index is 12.4. The molecule has 0 aliphatic heterocycles. The molecule has 0 heterocycles. The van der Waals surface area contributed by atoms with Crippen molar-refractivity contribution in [3.63, 3.8) is 0 Å². The van der Waals surface area contributed by atoms with Gasteiger partial charge in [0.05, 0.1) is 19.1 Å². The van der Waals surface area contributed by atoms with E-state index >= 15 is 0 Å². The van der Waals surface area contributed by atoms with E-state index in [2.05, 4.69) is 5.32 Å². The van der Waals surface area contributed by atoms with Crippen molar-refractivity contribution < 1.29 is 14.6 Å². The summed E-state index contributed by atoms with van der Waals surface area (Å²) in [7, 11) is 1.62. The van der Waals surface area contributed by atoms with Crippen LogP contribution in [-0.2, 0) is 4.79 Å². The van der Waals surface area contributed by atoms with Crippen LogP contribution in [0.3, 0.4) is 0 Å². The number of benzene rings is 2. The van der Waals surface area contributed by atoms with Crippen molar-refractivity contribution in [3.05, 3.63) is 65.7 Å². The monoisotopic (exact) mass is 327 g/mol. The molecule has 128 valence electrons. The molecule has 0 spiro atoms. The van der Waals surface area contributed by atoms with E-state index in [9.17, 15) is 9.90 Å². The van der Waals surface area contributed by atoms with Crippen molar-refractivity contribution >= 4 is 5.91 Å². The Labute approximate surface area is 143 Å². The summed E-state index contributed by atoms with van der Waals surface area (Å²) in [5, 5.41) is 13.2. The molecule has 0 aliphatic carbocycles. The fourth-order valence-electron chi connectivity index (χ4n) is 2.62. The fourth-order valence-corrected chi connectivity index (χ4v) is 2.62. The maximum atomic E-state index is 12.4. The number of nitrogens with one attached hydrogen (secondary N) is 1. The molecular weight excluding hydrogens is 302 g/mol. The molecule has 4 nitrogen and oxygen atoms in total. The van der Waals surface area contributed by atoms with Gasteiger partial charge in [0.2, 0.25) is 5.91 Å². The van der Waals surface area contributed by atoms with E-state index in [4.69, 9.17) is 4.74 Å². The van der Waals surface area contributed by atoms with Gasteiger partial charge in [0.25, 0.3) is 0 Å². The van der Waals surface area contributed by atoms with E-state index in [1.54, 1.807) is 7.11 Å². The Balaban J connectivity index is 1.90. The SMILES string of the molecule is COc1ccc(C(C)C(=O)NC(C)CC(O)c2ccccc2)cc1. The first kappa shape index (κ1) is 18.0. The first-order valence-electron chi connectivity index (χ1n) is 8.18. The summed E-state index contributed by atoms with van der Waals surface area (Å²) < 4.78 is 5.13. The zero-order valence-electron chi connectivity index (χ0n) is 14.4. The van der Waals surface area contributed by atoms with Gasteiger partial charge in [-0.05, 0) is 43.5 Å². The van der Waals surface area contributed by atoms with Gasteiger partial charge in [-0.2, -0.15) is 0 Å². The van der Waals surface area contributed by atoms with Crippen molar-refractivity contribution in [3.8, 4) is 5.75 Å². The molecule has 0 aliphatic rings. The van der Waals surface area contributed by atoms with Crippen LogP contribution in [0.15, 0.2) is 54.6 Å². The van der Waals surface area contributed by atoms with Crippen LogP contribution in [0.4, 0.5) is 0 Å².